The summed E-state index contributed by atoms with van der Waals surface area (Å²) >= 11 is 0. The van der Waals surface area contributed by atoms with Crippen LogP contribution in [0, 0.1) is 22.7 Å². The number of likely N-dealkylation sites (tertiary alicyclic amines) is 1. The molecular weight excluding hydrogens is 216 g/mol. The molecule has 2 rings (SSSR count). The van der Waals surface area contributed by atoms with Crippen LogP contribution in [0.1, 0.15) is 32.6 Å². The molecule has 1 heterocycles. The molecule has 0 radical (unpaired) electrons. The fraction of sp³-hybridized carbons (Fsp3) is 0.846. The first kappa shape index (κ1) is 12.4. The van der Waals surface area contributed by atoms with E-state index in [0.29, 0.717) is 12.5 Å². The van der Waals surface area contributed by atoms with Crippen LogP contribution < -0.4 is 0 Å². The van der Waals surface area contributed by atoms with Gasteiger partial charge in [-0.2, -0.15) is 5.26 Å². The van der Waals surface area contributed by atoms with Gasteiger partial charge >= 0.3 is 0 Å². The topological polar surface area (TPSA) is 53.3 Å². The lowest BCUT2D eigenvalue weighted by Crippen LogP contribution is -2.53. The van der Waals surface area contributed by atoms with Gasteiger partial charge in [0.1, 0.15) is 5.41 Å². The van der Waals surface area contributed by atoms with E-state index in [-0.39, 0.29) is 12.0 Å². The predicted molar refractivity (Wildman–Crippen MR) is 63.1 cm³/mol. The van der Waals surface area contributed by atoms with Gasteiger partial charge in [0.25, 0.3) is 0 Å². The first-order valence-electron chi connectivity index (χ1n) is 6.35. The summed E-state index contributed by atoms with van der Waals surface area (Å²) in [4.78, 5) is 14.2. The normalized spacial score (nSPS) is 37.1. The highest BCUT2D eigenvalue weighted by molar-refractivity contribution is 5.86. The molecule has 1 amide bonds. The fourth-order valence-corrected chi connectivity index (χ4v) is 3.06. The Kier molecular flexibility index (Phi) is 3.39. The molecule has 2 fully saturated rings. The van der Waals surface area contributed by atoms with Crippen LogP contribution in [0.25, 0.3) is 0 Å². The highest BCUT2D eigenvalue weighted by atomic mass is 16.5. The first-order valence-corrected chi connectivity index (χ1v) is 6.35. The summed E-state index contributed by atoms with van der Waals surface area (Å²) in [5, 5.41) is 9.25. The van der Waals surface area contributed by atoms with E-state index in [1.807, 2.05) is 4.90 Å². The number of amides is 1. The molecule has 4 heteroatoms. The van der Waals surface area contributed by atoms with E-state index >= 15 is 0 Å². The van der Waals surface area contributed by atoms with E-state index in [2.05, 4.69) is 13.0 Å². The van der Waals surface area contributed by atoms with Crippen molar-refractivity contribution in [1.29, 1.82) is 5.26 Å². The Morgan fingerprint density at radius 2 is 2.24 bits per heavy atom. The van der Waals surface area contributed by atoms with E-state index in [1.165, 1.54) is 0 Å². The molecule has 4 nitrogen and oxygen atoms in total. The first-order chi connectivity index (χ1) is 8.11. The summed E-state index contributed by atoms with van der Waals surface area (Å²) in [6.45, 7) is 3.51. The summed E-state index contributed by atoms with van der Waals surface area (Å²) in [5.41, 5.74) is -0.727. The van der Waals surface area contributed by atoms with Crippen LogP contribution in [-0.4, -0.2) is 37.1 Å². The van der Waals surface area contributed by atoms with Crippen LogP contribution in [0.3, 0.4) is 0 Å². The zero-order chi connectivity index (χ0) is 12.5. The molecular formula is C13H20N2O2. The highest BCUT2D eigenvalue weighted by Gasteiger charge is 2.51. The van der Waals surface area contributed by atoms with Crippen molar-refractivity contribution in [1.82, 2.24) is 4.90 Å². The lowest BCUT2D eigenvalue weighted by molar-refractivity contribution is -0.148. The van der Waals surface area contributed by atoms with E-state index < -0.39 is 5.41 Å². The van der Waals surface area contributed by atoms with Gasteiger partial charge in [-0.3, -0.25) is 4.79 Å². The number of methoxy groups -OCH3 is 1. The zero-order valence-electron chi connectivity index (χ0n) is 10.6. The largest absolute Gasteiger partial charge is 0.380 e. The Balaban J connectivity index is 2.02. The molecule has 1 unspecified atom stereocenters. The molecule has 17 heavy (non-hydrogen) atoms. The van der Waals surface area contributed by atoms with Crippen molar-refractivity contribution < 1.29 is 9.53 Å². The van der Waals surface area contributed by atoms with Crippen molar-refractivity contribution in [3.8, 4) is 6.07 Å². The molecule has 94 valence electrons. The molecule has 1 aliphatic carbocycles. The maximum atomic E-state index is 12.4. The summed E-state index contributed by atoms with van der Waals surface area (Å²) in [7, 11) is 1.68. The number of nitrogens with zero attached hydrogens (tertiary/aromatic N) is 2. The van der Waals surface area contributed by atoms with Crippen molar-refractivity contribution in [2.45, 2.75) is 38.7 Å². The standard InChI is InChI=1S/C13H20N2O2/c1-10-6-13(7-10,9-14)12(16)15-5-3-4-11(8-15)17-2/h10-11H,3-8H2,1-2H3. The number of rotatable bonds is 2. The Morgan fingerprint density at radius 1 is 1.53 bits per heavy atom. The maximum absolute atomic E-state index is 12.4. The Bertz CT molecular complexity index is 342. The molecule has 0 aromatic heterocycles. The van der Waals surface area contributed by atoms with Gasteiger partial charge in [0, 0.05) is 20.2 Å². The number of carbonyl (C=O) groups excluding carboxylic acids is 1. The lowest BCUT2D eigenvalue weighted by atomic mass is 9.62. The minimum Gasteiger partial charge on any atom is -0.380 e. The van der Waals surface area contributed by atoms with Gasteiger partial charge in [-0.05, 0) is 31.6 Å². The van der Waals surface area contributed by atoms with Crippen molar-refractivity contribution in [3.05, 3.63) is 0 Å². The zero-order valence-corrected chi connectivity index (χ0v) is 10.6. The maximum Gasteiger partial charge on any atom is 0.243 e. The van der Waals surface area contributed by atoms with Crippen LogP contribution in [0.4, 0.5) is 0 Å². The van der Waals surface area contributed by atoms with Gasteiger partial charge in [-0.15, -0.1) is 0 Å². The Labute approximate surface area is 103 Å². The second kappa shape index (κ2) is 4.66. The van der Waals surface area contributed by atoms with Gasteiger partial charge in [0.05, 0.1) is 12.2 Å². The number of hydrogen-bond acceptors (Lipinski definition) is 3. The van der Waals surface area contributed by atoms with Crippen molar-refractivity contribution >= 4 is 5.91 Å². The molecule has 0 aromatic rings. The minimum absolute atomic E-state index is 0.0276. The number of ether oxygens (including phenoxy) is 1. The van der Waals surface area contributed by atoms with E-state index in [4.69, 9.17) is 4.74 Å². The van der Waals surface area contributed by atoms with Crippen LogP contribution >= 0.6 is 0 Å². The van der Waals surface area contributed by atoms with Crippen LogP contribution in [0.5, 0.6) is 0 Å². The summed E-state index contributed by atoms with van der Waals surface area (Å²) < 4.78 is 5.31. The number of piperidine rings is 1. The third-order valence-corrected chi connectivity index (χ3v) is 4.02. The lowest BCUT2D eigenvalue weighted by Gasteiger charge is -2.44. The van der Waals surface area contributed by atoms with Crippen molar-refractivity contribution in [3.63, 3.8) is 0 Å². The molecule has 0 bridgehead atoms. The molecule has 2 aliphatic rings. The molecule has 1 aliphatic heterocycles. The molecule has 1 saturated carbocycles. The molecule has 0 aromatic carbocycles. The Morgan fingerprint density at radius 3 is 2.76 bits per heavy atom. The van der Waals surface area contributed by atoms with Gasteiger partial charge in [-0.25, -0.2) is 0 Å². The monoisotopic (exact) mass is 236 g/mol. The van der Waals surface area contributed by atoms with Gasteiger partial charge in [-0.1, -0.05) is 6.92 Å². The van der Waals surface area contributed by atoms with Gasteiger partial charge < -0.3 is 9.64 Å². The smallest absolute Gasteiger partial charge is 0.243 e. The minimum atomic E-state index is -0.727. The predicted octanol–water partition coefficient (Wildman–Crippen LogP) is 1.56. The number of hydrogen-bond donors (Lipinski definition) is 0. The second-order valence-electron chi connectivity index (χ2n) is 5.46. The van der Waals surface area contributed by atoms with E-state index in [0.717, 1.165) is 32.2 Å². The fourth-order valence-electron chi connectivity index (χ4n) is 3.06. The number of carbonyl (C=O) groups is 1. The summed E-state index contributed by atoms with van der Waals surface area (Å²) in [6.07, 6.45) is 3.56. The van der Waals surface area contributed by atoms with Crippen LogP contribution in [0.15, 0.2) is 0 Å². The third kappa shape index (κ3) is 2.16. The highest BCUT2D eigenvalue weighted by Crippen LogP contribution is 2.46. The average molecular weight is 236 g/mol. The quantitative estimate of drug-likeness (QED) is 0.731. The molecule has 0 spiro atoms. The summed E-state index contributed by atoms with van der Waals surface area (Å²) in [6, 6.07) is 2.24. The van der Waals surface area contributed by atoms with Gasteiger partial charge in [0.2, 0.25) is 5.91 Å². The average Bonchev–Trinajstić information content (AvgIpc) is 2.34. The van der Waals surface area contributed by atoms with Gasteiger partial charge in [0.15, 0.2) is 0 Å². The van der Waals surface area contributed by atoms with Crippen molar-refractivity contribution in [2.75, 3.05) is 20.2 Å². The summed E-state index contributed by atoms with van der Waals surface area (Å²) in [5.74, 6) is 0.529. The molecule has 1 atom stereocenters. The molecule has 1 saturated heterocycles. The Hall–Kier alpha value is -1.08. The van der Waals surface area contributed by atoms with E-state index in [9.17, 15) is 10.1 Å². The van der Waals surface area contributed by atoms with Crippen molar-refractivity contribution in [2.24, 2.45) is 11.3 Å². The number of nitriles is 1. The second-order valence-corrected chi connectivity index (χ2v) is 5.46. The third-order valence-electron chi connectivity index (χ3n) is 4.02. The molecule has 0 N–H and O–H groups in total. The van der Waals surface area contributed by atoms with E-state index in [1.54, 1.807) is 7.11 Å². The van der Waals surface area contributed by atoms with Crippen LogP contribution in [-0.2, 0) is 9.53 Å². The SMILES string of the molecule is COC1CCCN(C(=O)C2(C#N)CC(C)C2)C1. The van der Waals surface area contributed by atoms with Crippen LogP contribution in [0.2, 0.25) is 0 Å².